The minimum Gasteiger partial charge on any atom is -0.485 e. The summed E-state index contributed by atoms with van der Waals surface area (Å²) >= 11 is 0. The van der Waals surface area contributed by atoms with Gasteiger partial charge < -0.3 is 13.8 Å². The molecule has 1 aliphatic rings. The van der Waals surface area contributed by atoms with Gasteiger partial charge in [0.1, 0.15) is 11.6 Å². The number of benzene rings is 1. The molecule has 2 aromatic heterocycles. The number of aromatic nitrogens is 4. The van der Waals surface area contributed by atoms with E-state index in [1.54, 1.807) is 12.1 Å². The lowest BCUT2D eigenvalue weighted by Gasteiger charge is -2.24. The van der Waals surface area contributed by atoms with Gasteiger partial charge in [0.05, 0.1) is 18.6 Å². The summed E-state index contributed by atoms with van der Waals surface area (Å²) in [5.41, 5.74) is 2.39. The second kappa shape index (κ2) is 6.64. The molecule has 0 saturated heterocycles. The van der Waals surface area contributed by atoms with Crippen molar-refractivity contribution >= 4 is 0 Å². The second-order valence-corrected chi connectivity index (χ2v) is 6.06. The van der Waals surface area contributed by atoms with E-state index in [1.807, 2.05) is 13.4 Å². The third-order valence-corrected chi connectivity index (χ3v) is 4.23. The minimum absolute atomic E-state index is 0.180. The van der Waals surface area contributed by atoms with Gasteiger partial charge in [0.15, 0.2) is 6.61 Å². The average Bonchev–Trinajstić information content (AvgIpc) is 3.21. The van der Waals surface area contributed by atoms with Gasteiger partial charge in [0.2, 0.25) is 11.7 Å². The van der Waals surface area contributed by atoms with Crippen molar-refractivity contribution in [1.82, 2.24) is 24.6 Å². The summed E-state index contributed by atoms with van der Waals surface area (Å²) in [4.78, 5) is 11.0. The fraction of sp³-hybridized carbons (Fsp3) is 0.353. The fourth-order valence-corrected chi connectivity index (χ4v) is 2.93. The summed E-state index contributed by atoms with van der Waals surface area (Å²) in [6, 6.07) is 5.82. The summed E-state index contributed by atoms with van der Waals surface area (Å²) in [6.45, 7) is 2.47. The zero-order valence-electron chi connectivity index (χ0n) is 13.9. The lowest BCUT2D eigenvalue weighted by molar-refractivity contribution is 0.206. The number of rotatable bonds is 5. The smallest absolute Gasteiger partial charge is 0.240 e. The number of hydrogen-bond acceptors (Lipinski definition) is 6. The molecule has 3 aromatic rings. The average molecular weight is 343 g/mol. The summed E-state index contributed by atoms with van der Waals surface area (Å²) in [6.07, 6.45) is 2.81. The van der Waals surface area contributed by atoms with Crippen LogP contribution in [0.1, 0.15) is 23.1 Å². The molecule has 0 amide bonds. The van der Waals surface area contributed by atoms with Crippen molar-refractivity contribution in [2.45, 2.75) is 26.1 Å². The molecule has 0 saturated carbocycles. The summed E-state index contributed by atoms with van der Waals surface area (Å²) < 4.78 is 25.8. The van der Waals surface area contributed by atoms with Crippen molar-refractivity contribution in [3.8, 4) is 5.75 Å². The number of imidazole rings is 1. The van der Waals surface area contributed by atoms with E-state index in [1.165, 1.54) is 17.8 Å². The number of halogens is 1. The van der Waals surface area contributed by atoms with Gasteiger partial charge in [-0.1, -0.05) is 5.16 Å². The Labute approximate surface area is 144 Å². The SMILES string of the molecule is Cn1cnc2c1CCN(Cc1nc(COc3ccc(F)cc3)no1)C2. The van der Waals surface area contributed by atoms with E-state index in [0.29, 0.717) is 24.0 Å². The van der Waals surface area contributed by atoms with E-state index >= 15 is 0 Å². The van der Waals surface area contributed by atoms with Crippen LogP contribution in [0.15, 0.2) is 35.1 Å². The standard InChI is InChI=1S/C17H18FN5O2/c1-22-11-19-14-8-23(7-6-15(14)22)9-17-20-16(21-25-17)10-24-13-4-2-12(18)3-5-13/h2-5,11H,6-10H2,1H3. The van der Waals surface area contributed by atoms with Crippen molar-refractivity contribution in [2.75, 3.05) is 6.54 Å². The Morgan fingerprint density at radius 2 is 2.12 bits per heavy atom. The van der Waals surface area contributed by atoms with Crippen molar-refractivity contribution in [3.63, 3.8) is 0 Å². The van der Waals surface area contributed by atoms with Gasteiger partial charge in [-0.15, -0.1) is 0 Å². The van der Waals surface area contributed by atoms with E-state index in [4.69, 9.17) is 9.26 Å². The van der Waals surface area contributed by atoms with Gasteiger partial charge in [0, 0.05) is 32.3 Å². The topological polar surface area (TPSA) is 69.2 Å². The van der Waals surface area contributed by atoms with Crippen LogP contribution in [0.25, 0.3) is 0 Å². The zero-order chi connectivity index (χ0) is 17.2. The molecule has 8 heteroatoms. The fourth-order valence-electron chi connectivity index (χ4n) is 2.93. The summed E-state index contributed by atoms with van der Waals surface area (Å²) in [5, 5.41) is 3.93. The van der Waals surface area contributed by atoms with Crippen LogP contribution >= 0.6 is 0 Å². The third-order valence-electron chi connectivity index (χ3n) is 4.23. The molecule has 3 heterocycles. The Balaban J connectivity index is 1.33. The monoisotopic (exact) mass is 343 g/mol. The maximum Gasteiger partial charge on any atom is 0.240 e. The lowest BCUT2D eigenvalue weighted by atomic mass is 10.1. The molecule has 0 aliphatic carbocycles. The molecule has 25 heavy (non-hydrogen) atoms. The van der Waals surface area contributed by atoms with E-state index in [2.05, 4.69) is 24.6 Å². The molecule has 4 rings (SSSR count). The minimum atomic E-state index is -0.299. The molecule has 0 atom stereocenters. The third kappa shape index (κ3) is 3.53. The largest absolute Gasteiger partial charge is 0.485 e. The highest BCUT2D eigenvalue weighted by Crippen LogP contribution is 2.18. The van der Waals surface area contributed by atoms with Crippen LogP contribution in [0.5, 0.6) is 5.75 Å². The number of ether oxygens (including phenoxy) is 1. The van der Waals surface area contributed by atoms with Gasteiger partial charge in [-0.05, 0) is 24.3 Å². The lowest BCUT2D eigenvalue weighted by Crippen LogP contribution is -2.30. The molecular formula is C17H18FN5O2. The Morgan fingerprint density at radius 3 is 2.96 bits per heavy atom. The quantitative estimate of drug-likeness (QED) is 0.706. The molecule has 1 aliphatic heterocycles. The van der Waals surface area contributed by atoms with E-state index < -0.39 is 0 Å². The maximum atomic E-state index is 12.9. The van der Waals surface area contributed by atoms with Crippen LogP contribution in [0, 0.1) is 5.82 Å². The highest BCUT2D eigenvalue weighted by molar-refractivity contribution is 5.22. The predicted octanol–water partition coefficient (Wildman–Crippen LogP) is 2.08. The van der Waals surface area contributed by atoms with Gasteiger partial charge in [-0.2, -0.15) is 4.98 Å². The van der Waals surface area contributed by atoms with Crippen LogP contribution in [0.2, 0.25) is 0 Å². The first-order valence-electron chi connectivity index (χ1n) is 8.08. The molecule has 0 spiro atoms. The molecule has 0 radical (unpaired) electrons. The number of fused-ring (bicyclic) bond motifs is 1. The van der Waals surface area contributed by atoms with Crippen molar-refractivity contribution in [3.05, 3.63) is 59.5 Å². The van der Waals surface area contributed by atoms with Crippen molar-refractivity contribution in [2.24, 2.45) is 7.05 Å². The van der Waals surface area contributed by atoms with Crippen molar-refractivity contribution in [1.29, 1.82) is 0 Å². The molecule has 1 aromatic carbocycles. The normalized spacial score (nSPS) is 14.5. The molecule has 0 fully saturated rings. The number of aryl methyl sites for hydroxylation is 1. The summed E-state index contributed by atoms with van der Waals surface area (Å²) in [7, 11) is 2.02. The van der Waals surface area contributed by atoms with E-state index in [9.17, 15) is 4.39 Å². The Bertz CT molecular complexity index is 858. The van der Waals surface area contributed by atoms with Crippen LogP contribution < -0.4 is 4.74 Å². The van der Waals surface area contributed by atoms with E-state index in [-0.39, 0.29) is 12.4 Å². The molecule has 7 nitrogen and oxygen atoms in total. The van der Waals surface area contributed by atoms with Gasteiger partial charge >= 0.3 is 0 Å². The van der Waals surface area contributed by atoms with Crippen LogP contribution in [0.4, 0.5) is 4.39 Å². The van der Waals surface area contributed by atoms with Crippen LogP contribution in [-0.2, 0) is 33.2 Å². The molecular weight excluding hydrogens is 325 g/mol. The van der Waals surface area contributed by atoms with Gasteiger partial charge in [-0.25, -0.2) is 9.37 Å². The van der Waals surface area contributed by atoms with E-state index in [0.717, 1.165) is 25.2 Å². The van der Waals surface area contributed by atoms with Crippen molar-refractivity contribution < 1.29 is 13.7 Å². The molecule has 0 N–H and O–H groups in total. The molecule has 130 valence electrons. The highest BCUT2D eigenvalue weighted by atomic mass is 19.1. The summed E-state index contributed by atoms with van der Waals surface area (Å²) in [5.74, 6) is 1.28. The first kappa shape index (κ1) is 15.8. The first-order chi connectivity index (χ1) is 12.2. The molecule has 0 bridgehead atoms. The number of hydrogen-bond donors (Lipinski definition) is 0. The Kier molecular flexibility index (Phi) is 4.19. The zero-order valence-corrected chi connectivity index (χ0v) is 13.9. The maximum absolute atomic E-state index is 12.9. The molecule has 0 unspecified atom stereocenters. The second-order valence-electron chi connectivity index (χ2n) is 6.06. The first-order valence-corrected chi connectivity index (χ1v) is 8.08. The Hall–Kier alpha value is -2.74. The van der Waals surface area contributed by atoms with Crippen LogP contribution in [-0.4, -0.2) is 31.1 Å². The van der Waals surface area contributed by atoms with Gasteiger partial charge in [0.25, 0.3) is 0 Å². The Morgan fingerprint density at radius 1 is 1.28 bits per heavy atom. The highest BCUT2D eigenvalue weighted by Gasteiger charge is 2.21. The predicted molar refractivity (Wildman–Crippen MR) is 86.1 cm³/mol. The number of nitrogens with zero attached hydrogens (tertiary/aromatic N) is 5. The van der Waals surface area contributed by atoms with Crippen LogP contribution in [0.3, 0.4) is 0 Å². The van der Waals surface area contributed by atoms with Gasteiger partial charge in [-0.3, -0.25) is 4.90 Å².